The summed E-state index contributed by atoms with van der Waals surface area (Å²) in [5, 5.41) is 19.7. The van der Waals surface area contributed by atoms with E-state index in [9.17, 15) is 14.7 Å². The first kappa shape index (κ1) is 16.8. The third-order valence-corrected chi connectivity index (χ3v) is 4.50. The van der Waals surface area contributed by atoms with Crippen LogP contribution in [0.1, 0.15) is 10.4 Å². The predicted molar refractivity (Wildman–Crippen MR) is 92.3 cm³/mol. The molecule has 0 unspecified atom stereocenters. The van der Waals surface area contributed by atoms with Gasteiger partial charge in [0.15, 0.2) is 0 Å². The Bertz CT molecular complexity index is 828. The zero-order chi connectivity index (χ0) is 17.3. The van der Waals surface area contributed by atoms with E-state index in [1.54, 1.807) is 18.2 Å². The number of hydrogen-bond donors (Lipinski definition) is 3. The number of piperazine rings is 1. The fourth-order valence-corrected chi connectivity index (χ4v) is 3.28. The highest BCUT2D eigenvalue weighted by molar-refractivity contribution is 6.31. The van der Waals surface area contributed by atoms with E-state index in [-0.39, 0.29) is 12.2 Å². The number of rotatable bonds is 4. The molecule has 2 heterocycles. The zero-order valence-electron chi connectivity index (χ0n) is 13.0. The number of fused-ring (bicyclic) bond motifs is 1. The van der Waals surface area contributed by atoms with Crippen LogP contribution in [0.4, 0.5) is 5.69 Å². The number of aromatic carboxylic acids is 1. The molecule has 1 aliphatic rings. The topological polar surface area (TPSA) is 96.9 Å². The van der Waals surface area contributed by atoms with Crippen LogP contribution in [-0.2, 0) is 0 Å². The van der Waals surface area contributed by atoms with Crippen LogP contribution in [0.2, 0.25) is 5.02 Å². The average Bonchev–Trinajstić information content (AvgIpc) is 2.55. The van der Waals surface area contributed by atoms with Crippen molar-refractivity contribution in [3.8, 4) is 0 Å². The van der Waals surface area contributed by atoms with Crippen molar-refractivity contribution in [3.05, 3.63) is 39.1 Å². The molecule has 1 fully saturated rings. The van der Waals surface area contributed by atoms with Gasteiger partial charge in [0.25, 0.3) is 5.56 Å². The summed E-state index contributed by atoms with van der Waals surface area (Å²) in [6.45, 7) is 3.20. The molecule has 0 radical (unpaired) electrons. The quantitative estimate of drug-likeness (QED) is 0.760. The maximum atomic E-state index is 12.3. The van der Waals surface area contributed by atoms with Crippen LogP contribution in [0, 0.1) is 0 Å². The number of carboxylic acid groups (broad SMARTS) is 1. The Kier molecular flexibility index (Phi) is 4.75. The minimum atomic E-state index is -1.26. The van der Waals surface area contributed by atoms with Crippen LogP contribution in [-0.4, -0.2) is 65.4 Å². The number of benzene rings is 1. The van der Waals surface area contributed by atoms with Crippen LogP contribution in [0.15, 0.2) is 23.0 Å². The van der Waals surface area contributed by atoms with Gasteiger partial charge in [-0.05, 0) is 18.2 Å². The SMILES string of the molecule is O=C(O)c1c(N2CCN(CCO)CC2)c2cc(Cl)ccc2[nH]c1=O. The molecule has 24 heavy (non-hydrogen) atoms. The van der Waals surface area contributed by atoms with Crippen molar-refractivity contribution in [1.29, 1.82) is 0 Å². The van der Waals surface area contributed by atoms with Gasteiger partial charge in [-0.1, -0.05) is 11.6 Å². The van der Waals surface area contributed by atoms with E-state index in [4.69, 9.17) is 16.7 Å². The van der Waals surface area contributed by atoms with Gasteiger partial charge in [0.05, 0.1) is 17.8 Å². The summed E-state index contributed by atoms with van der Waals surface area (Å²) in [7, 11) is 0. The standard InChI is InChI=1S/C16H18ClN3O4/c17-10-1-2-12-11(9-10)14(13(16(23)24)15(22)18-12)20-5-3-19(4-6-20)7-8-21/h1-2,9,21H,3-8H2,(H,18,22)(H,23,24). The lowest BCUT2D eigenvalue weighted by Crippen LogP contribution is -2.48. The van der Waals surface area contributed by atoms with Gasteiger partial charge in [0, 0.05) is 43.1 Å². The van der Waals surface area contributed by atoms with E-state index < -0.39 is 11.5 Å². The largest absolute Gasteiger partial charge is 0.477 e. The molecule has 0 aliphatic carbocycles. The number of anilines is 1. The second-order valence-electron chi connectivity index (χ2n) is 5.73. The number of pyridine rings is 1. The molecular formula is C16H18ClN3O4. The first-order chi connectivity index (χ1) is 11.5. The molecule has 1 aromatic heterocycles. The molecule has 1 aromatic carbocycles. The molecule has 2 aromatic rings. The fourth-order valence-electron chi connectivity index (χ4n) is 3.11. The van der Waals surface area contributed by atoms with Gasteiger partial charge in [0.1, 0.15) is 5.56 Å². The Morgan fingerprint density at radius 3 is 2.58 bits per heavy atom. The molecule has 0 bridgehead atoms. The third-order valence-electron chi connectivity index (χ3n) is 4.27. The van der Waals surface area contributed by atoms with E-state index in [1.807, 2.05) is 4.90 Å². The van der Waals surface area contributed by atoms with Gasteiger partial charge in [0.2, 0.25) is 0 Å². The van der Waals surface area contributed by atoms with Gasteiger partial charge in [-0.15, -0.1) is 0 Å². The Hall–Kier alpha value is -2.09. The lowest BCUT2D eigenvalue weighted by molar-refractivity contribution is 0.0695. The number of nitrogens with zero attached hydrogens (tertiary/aromatic N) is 2. The maximum absolute atomic E-state index is 12.3. The number of nitrogens with one attached hydrogen (secondary N) is 1. The smallest absolute Gasteiger partial charge is 0.343 e. The number of aromatic nitrogens is 1. The Morgan fingerprint density at radius 1 is 1.25 bits per heavy atom. The lowest BCUT2D eigenvalue weighted by Gasteiger charge is -2.36. The Labute approximate surface area is 143 Å². The van der Waals surface area contributed by atoms with Crippen molar-refractivity contribution < 1.29 is 15.0 Å². The summed E-state index contributed by atoms with van der Waals surface area (Å²) >= 11 is 6.07. The number of aromatic amines is 1. The molecule has 1 saturated heterocycles. The summed E-state index contributed by atoms with van der Waals surface area (Å²) in [5.74, 6) is -1.26. The van der Waals surface area contributed by atoms with E-state index in [1.165, 1.54) is 0 Å². The first-order valence-corrected chi connectivity index (χ1v) is 8.06. The van der Waals surface area contributed by atoms with Gasteiger partial charge in [-0.25, -0.2) is 4.79 Å². The van der Waals surface area contributed by atoms with E-state index in [0.29, 0.717) is 54.3 Å². The molecule has 3 N–H and O–H groups in total. The molecule has 0 saturated carbocycles. The number of aliphatic hydroxyl groups excluding tert-OH is 1. The first-order valence-electron chi connectivity index (χ1n) is 7.68. The van der Waals surface area contributed by atoms with E-state index in [0.717, 1.165) is 0 Å². The highest BCUT2D eigenvalue weighted by Gasteiger charge is 2.26. The number of hydrogen-bond acceptors (Lipinski definition) is 5. The van der Waals surface area contributed by atoms with Gasteiger partial charge in [-0.2, -0.15) is 0 Å². The number of carbonyl (C=O) groups is 1. The molecule has 3 rings (SSSR count). The highest BCUT2D eigenvalue weighted by Crippen LogP contribution is 2.30. The lowest BCUT2D eigenvalue weighted by atomic mass is 10.1. The minimum Gasteiger partial charge on any atom is -0.477 e. The normalized spacial score (nSPS) is 15.8. The summed E-state index contributed by atoms with van der Waals surface area (Å²) in [5.41, 5.74) is 0.0834. The van der Waals surface area contributed by atoms with Crippen LogP contribution >= 0.6 is 11.6 Å². The van der Waals surface area contributed by atoms with Gasteiger partial charge in [-0.3, -0.25) is 9.69 Å². The van der Waals surface area contributed by atoms with Crippen molar-refractivity contribution in [3.63, 3.8) is 0 Å². The maximum Gasteiger partial charge on any atom is 0.343 e. The van der Waals surface area contributed by atoms with Crippen LogP contribution in [0.5, 0.6) is 0 Å². The molecular weight excluding hydrogens is 334 g/mol. The molecule has 8 heteroatoms. The molecule has 7 nitrogen and oxygen atoms in total. The summed E-state index contributed by atoms with van der Waals surface area (Å²) in [4.78, 5) is 30.5. The van der Waals surface area contributed by atoms with Gasteiger partial charge < -0.3 is 20.1 Å². The van der Waals surface area contributed by atoms with Crippen LogP contribution < -0.4 is 10.5 Å². The molecule has 0 atom stereocenters. The van der Waals surface area contributed by atoms with Crippen LogP contribution in [0.3, 0.4) is 0 Å². The number of β-amino-alcohol motifs (C(OH)–C–C–N with tert-alkyl or cyclic N) is 1. The van der Waals surface area contributed by atoms with Gasteiger partial charge >= 0.3 is 5.97 Å². The number of H-pyrrole nitrogens is 1. The van der Waals surface area contributed by atoms with E-state index in [2.05, 4.69) is 9.88 Å². The fraction of sp³-hybridized carbons (Fsp3) is 0.375. The molecule has 0 amide bonds. The zero-order valence-corrected chi connectivity index (χ0v) is 13.7. The predicted octanol–water partition coefficient (Wildman–Crippen LogP) is 0.994. The molecule has 1 aliphatic heterocycles. The van der Waals surface area contributed by atoms with Crippen LogP contribution in [0.25, 0.3) is 10.9 Å². The third kappa shape index (κ3) is 3.10. The second kappa shape index (κ2) is 6.80. The Balaban J connectivity index is 2.11. The monoisotopic (exact) mass is 351 g/mol. The van der Waals surface area contributed by atoms with E-state index >= 15 is 0 Å². The Morgan fingerprint density at radius 2 is 1.96 bits per heavy atom. The average molecular weight is 352 g/mol. The summed E-state index contributed by atoms with van der Waals surface area (Å²) in [6.07, 6.45) is 0. The molecule has 128 valence electrons. The van der Waals surface area contributed by atoms with Crippen molar-refractivity contribution in [2.24, 2.45) is 0 Å². The van der Waals surface area contributed by atoms with Crippen molar-refractivity contribution in [1.82, 2.24) is 9.88 Å². The van der Waals surface area contributed by atoms with Crippen molar-refractivity contribution in [2.75, 3.05) is 44.2 Å². The van der Waals surface area contributed by atoms with Crippen molar-refractivity contribution in [2.45, 2.75) is 0 Å². The number of carboxylic acids is 1. The number of halogens is 1. The second-order valence-corrected chi connectivity index (χ2v) is 6.16. The highest BCUT2D eigenvalue weighted by atomic mass is 35.5. The number of aliphatic hydroxyl groups is 1. The summed E-state index contributed by atoms with van der Waals surface area (Å²) in [6, 6.07) is 5.01. The minimum absolute atomic E-state index is 0.0872. The molecule has 0 spiro atoms. The van der Waals surface area contributed by atoms with Crippen molar-refractivity contribution >= 4 is 34.2 Å². The summed E-state index contributed by atoms with van der Waals surface area (Å²) < 4.78 is 0.